The summed E-state index contributed by atoms with van der Waals surface area (Å²) in [4.78, 5) is 49.1. The molecule has 3 heterocycles. The van der Waals surface area contributed by atoms with Crippen LogP contribution >= 0.6 is 11.3 Å². The minimum Gasteiger partial charge on any atom is -0.491 e. The third-order valence-corrected chi connectivity index (χ3v) is 14.6. The van der Waals surface area contributed by atoms with Gasteiger partial charge < -0.3 is 39.6 Å². The van der Waals surface area contributed by atoms with E-state index in [0.717, 1.165) is 44.0 Å². The van der Waals surface area contributed by atoms with Crippen LogP contribution in [0.15, 0.2) is 71.7 Å². The van der Waals surface area contributed by atoms with Crippen LogP contribution in [0.5, 0.6) is 5.75 Å². The van der Waals surface area contributed by atoms with Gasteiger partial charge >= 0.3 is 0 Å². The summed E-state index contributed by atoms with van der Waals surface area (Å²) >= 11 is 1.56. The fraction of sp³-hybridized carbons (Fsp3) is 0.509. The lowest BCUT2D eigenvalue weighted by Gasteiger charge is -2.43. The molecule has 70 heavy (non-hydrogen) atoms. The number of ether oxygens (including phenoxy) is 4. The van der Waals surface area contributed by atoms with Gasteiger partial charge in [-0.15, -0.1) is 11.3 Å². The Morgan fingerprint density at radius 2 is 1.63 bits per heavy atom. The summed E-state index contributed by atoms with van der Waals surface area (Å²) in [5, 5.41) is 16.2. The Labute approximate surface area is 411 Å². The van der Waals surface area contributed by atoms with Crippen LogP contribution in [0.1, 0.15) is 87.4 Å². The second kappa shape index (κ2) is 22.1. The Morgan fingerprint density at radius 1 is 0.957 bits per heavy atom. The lowest BCUT2D eigenvalue weighted by atomic mass is 9.84. The Hall–Kier alpha value is -5.17. The number of aliphatic hydroxyl groups excluding tert-OH is 1. The Kier molecular flexibility index (Phi) is 16.1. The Balaban J connectivity index is 0.732. The lowest BCUT2D eigenvalue weighted by molar-refractivity contribution is -0.144. The average Bonchev–Trinajstić information content (AvgIpc) is 3.57. The first kappa shape index (κ1) is 51.2. The molecule has 17 heteroatoms. The monoisotopic (exact) mass is 987 g/mol. The number of alkyl halides is 1. The van der Waals surface area contributed by atoms with Gasteiger partial charge in [-0.2, -0.15) is 0 Å². The zero-order valence-corrected chi connectivity index (χ0v) is 41.3. The number of carbonyl (C=O) groups excluding carboxylic acids is 3. The smallest absolute Gasteiger partial charge is 0.246 e. The van der Waals surface area contributed by atoms with E-state index in [0.29, 0.717) is 25.7 Å². The van der Waals surface area contributed by atoms with Gasteiger partial charge in [-0.05, 0) is 78.3 Å². The number of halogens is 3. The Morgan fingerprint density at radius 3 is 2.29 bits per heavy atom. The number of aromatic nitrogens is 1. The van der Waals surface area contributed by atoms with Crippen molar-refractivity contribution in [2.75, 3.05) is 59.3 Å². The first-order valence-corrected chi connectivity index (χ1v) is 25.0. The van der Waals surface area contributed by atoms with Crippen molar-refractivity contribution in [2.45, 2.75) is 109 Å². The second-order valence-electron chi connectivity index (χ2n) is 20.0. The molecule has 1 saturated heterocycles. The van der Waals surface area contributed by atoms with Crippen molar-refractivity contribution in [1.29, 1.82) is 0 Å². The van der Waals surface area contributed by atoms with Crippen molar-refractivity contribution in [3.63, 3.8) is 0 Å². The van der Waals surface area contributed by atoms with Crippen LogP contribution in [0.4, 0.5) is 13.2 Å². The molecule has 4 aromatic rings. The number of nitrogens with zero attached hydrogens (tertiary/aromatic N) is 3. The van der Waals surface area contributed by atoms with Crippen LogP contribution in [0.25, 0.3) is 16.0 Å². The number of β-amino-alcohol motifs (C(OH)–C–C–N with tert-alkyl or cyclic N) is 1. The number of aryl methyl sites for hydroxylation is 1. The minimum absolute atomic E-state index is 0.0278. The average molecular weight is 988 g/mol. The molecule has 1 unspecified atom stereocenters. The molecule has 4 aliphatic rings. The van der Waals surface area contributed by atoms with E-state index in [1.165, 1.54) is 17.0 Å². The molecule has 0 radical (unpaired) electrons. The number of carbonyl (C=O) groups is 3. The van der Waals surface area contributed by atoms with E-state index in [9.17, 15) is 19.5 Å². The summed E-state index contributed by atoms with van der Waals surface area (Å²) in [5.74, 6) is -2.84. The zero-order valence-electron chi connectivity index (χ0n) is 40.5. The van der Waals surface area contributed by atoms with Crippen LogP contribution in [-0.2, 0) is 41.6 Å². The molecule has 0 bridgehead atoms. The van der Waals surface area contributed by atoms with Gasteiger partial charge in [-0.3, -0.25) is 19.3 Å². The highest BCUT2D eigenvalue weighted by molar-refractivity contribution is 7.13. The number of hydrogen-bond donors (Lipinski definition) is 3. The van der Waals surface area contributed by atoms with Crippen molar-refractivity contribution in [2.24, 2.45) is 5.41 Å². The molecule has 2 aliphatic heterocycles. The lowest BCUT2D eigenvalue weighted by Crippen LogP contribution is -2.58. The quantitative estimate of drug-likeness (QED) is 0.0727. The van der Waals surface area contributed by atoms with Gasteiger partial charge in [0.1, 0.15) is 48.4 Å². The fourth-order valence-corrected chi connectivity index (χ4v) is 10.6. The maximum atomic E-state index is 16.0. The summed E-state index contributed by atoms with van der Waals surface area (Å²) in [6.45, 7) is 10.2. The fourth-order valence-electron chi connectivity index (χ4n) is 9.74. The number of likely N-dealkylation sites (tertiary alicyclic amines) is 1. The molecule has 1 saturated carbocycles. The molecule has 376 valence electrons. The third-order valence-electron chi connectivity index (χ3n) is 13.6. The number of hydrogen-bond acceptors (Lipinski definition) is 11. The summed E-state index contributed by atoms with van der Waals surface area (Å²) in [5.41, 5.74) is 6.76. The van der Waals surface area contributed by atoms with Crippen LogP contribution in [0, 0.1) is 24.0 Å². The minimum atomic E-state index is -1.33. The molecule has 3 N–H and O–H groups in total. The highest BCUT2D eigenvalue weighted by Crippen LogP contribution is 2.52. The number of aliphatic hydroxyl groups is 1. The maximum Gasteiger partial charge on any atom is 0.246 e. The largest absolute Gasteiger partial charge is 0.491 e. The van der Waals surface area contributed by atoms with E-state index in [2.05, 4.69) is 21.7 Å². The van der Waals surface area contributed by atoms with Gasteiger partial charge in [0.15, 0.2) is 0 Å². The third kappa shape index (κ3) is 12.1. The second-order valence-corrected chi connectivity index (χ2v) is 20.8. The van der Waals surface area contributed by atoms with Crippen molar-refractivity contribution >= 4 is 34.6 Å². The van der Waals surface area contributed by atoms with E-state index >= 15 is 13.2 Å². The van der Waals surface area contributed by atoms with Gasteiger partial charge in [-0.1, -0.05) is 69.3 Å². The van der Waals surface area contributed by atoms with E-state index < -0.39 is 64.7 Å². The van der Waals surface area contributed by atoms with Crippen molar-refractivity contribution in [3.8, 4) is 16.2 Å². The SMILES string of the molecule is Cc1ncsc1-c1ccc(CNC(=O)C2C[C@@H](O)CN2C(=O)[C@@H](NC(=O)COCCOCCOCCOc2cc(F)c([C@@H]3C4=C(C[C@@H](C)N3CC3(F)CC3)c3ccccc3C4)c(F)c2)C(C)(C)C)cc1. The first-order chi connectivity index (χ1) is 33.5. The van der Waals surface area contributed by atoms with E-state index in [4.69, 9.17) is 18.9 Å². The maximum absolute atomic E-state index is 16.0. The first-order valence-electron chi connectivity index (χ1n) is 24.1. The number of fused-ring (bicyclic) bond motifs is 2. The summed E-state index contributed by atoms with van der Waals surface area (Å²) in [7, 11) is 0. The molecule has 3 aromatic carbocycles. The van der Waals surface area contributed by atoms with Gasteiger partial charge in [0.2, 0.25) is 17.7 Å². The zero-order chi connectivity index (χ0) is 49.7. The molecule has 3 amide bonds. The van der Waals surface area contributed by atoms with E-state index in [1.807, 2.05) is 61.2 Å². The summed E-state index contributed by atoms with van der Waals surface area (Å²) < 4.78 is 69.7. The van der Waals surface area contributed by atoms with Crippen molar-refractivity contribution < 1.29 is 51.6 Å². The van der Waals surface area contributed by atoms with Crippen LogP contribution in [0.3, 0.4) is 0 Å². The molecular weight excluding hydrogens is 924 g/mol. The number of rotatable bonds is 21. The number of thiazole rings is 1. The predicted octanol–water partition coefficient (Wildman–Crippen LogP) is 7.28. The highest BCUT2D eigenvalue weighted by atomic mass is 32.1. The van der Waals surface area contributed by atoms with Crippen molar-refractivity contribution in [3.05, 3.63) is 111 Å². The van der Waals surface area contributed by atoms with Gasteiger partial charge in [-0.25, -0.2) is 18.2 Å². The molecule has 1 aromatic heterocycles. The Bertz CT molecular complexity index is 2520. The van der Waals surface area contributed by atoms with Gasteiger partial charge in [0, 0.05) is 49.8 Å². The number of nitrogens with one attached hydrogen (secondary N) is 2. The van der Waals surface area contributed by atoms with Gasteiger partial charge in [0.05, 0.1) is 61.3 Å². The molecule has 5 atom stereocenters. The van der Waals surface area contributed by atoms with Crippen molar-refractivity contribution in [1.82, 2.24) is 25.4 Å². The molecule has 13 nitrogen and oxygen atoms in total. The number of amides is 3. The summed E-state index contributed by atoms with van der Waals surface area (Å²) in [6.07, 6.45) is 1.34. The van der Waals surface area contributed by atoms with Crippen LogP contribution in [-0.4, -0.2) is 127 Å². The molecule has 2 fully saturated rings. The van der Waals surface area contributed by atoms with E-state index in [-0.39, 0.29) is 89.7 Å². The normalized spacial score (nSPS) is 21.1. The topological polar surface area (TPSA) is 152 Å². The molecule has 0 spiro atoms. The molecular formula is C53H64F3N5O8S. The number of benzene rings is 3. The van der Waals surface area contributed by atoms with Crippen LogP contribution < -0.4 is 15.4 Å². The highest BCUT2D eigenvalue weighted by Gasteiger charge is 2.50. The molecule has 8 rings (SSSR count). The standard InChI is InChI=1S/C53H64F3N5O8S/c1-32-22-40-39-9-7-6-8-36(39)23-41(40)47(61(32)30-53(56)14-15-53)46-42(54)25-38(26-43(46)55)69-21-20-67-17-16-66-18-19-68-29-45(63)59-49(52(3,4)5)51(65)60-28-37(62)24-44(60)50(64)57-27-34-10-12-35(13-11-34)48-33(2)58-31-70-48/h6-13,25-26,31-32,37,44,47,49,62H,14-24,27-30H2,1-5H3,(H,57,64)(H,59,63)/t32-,37-,44?,47+,49-/m1/s1. The summed E-state index contributed by atoms with van der Waals surface area (Å²) in [6, 6.07) is 15.5. The molecule has 2 aliphatic carbocycles. The van der Waals surface area contributed by atoms with E-state index in [1.54, 1.807) is 37.6 Å². The predicted molar refractivity (Wildman–Crippen MR) is 260 cm³/mol. The van der Waals surface area contributed by atoms with Gasteiger partial charge in [0.25, 0.3) is 0 Å². The van der Waals surface area contributed by atoms with Crippen LogP contribution in [0.2, 0.25) is 0 Å².